The van der Waals surface area contributed by atoms with Crippen LogP contribution in [0.1, 0.15) is 27.8 Å². The maximum absolute atomic E-state index is 6.02. The van der Waals surface area contributed by atoms with Gasteiger partial charge in [0.2, 0.25) is 0 Å². The highest BCUT2D eigenvalue weighted by atomic mass is 35.5. The first-order chi connectivity index (χ1) is 9.51. The lowest BCUT2D eigenvalue weighted by Crippen LogP contribution is -2.05. The smallest absolute Gasteiger partial charge is 0.125 e. The Balaban J connectivity index is 2.23. The van der Waals surface area contributed by atoms with Gasteiger partial charge in [0.05, 0.1) is 0 Å². The predicted molar refractivity (Wildman–Crippen MR) is 84.3 cm³/mol. The van der Waals surface area contributed by atoms with E-state index in [1.807, 2.05) is 18.2 Å². The minimum atomic E-state index is 0.443. The molecule has 0 heterocycles. The first-order valence-corrected chi connectivity index (χ1v) is 7.07. The number of aryl methyl sites for hydroxylation is 3. The number of hydrogen-bond donors (Lipinski definition) is 1. The van der Waals surface area contributed by atoms with Crippen LogP contribution in [0.25, 0.3) is 0 Å². The third-order valence-corrected chi connectivity index (χ3v) is 3.70. The molecule has 0 saturated carbocycles. The summed E-state index contributed by atoms with van der Waals surface area (Å²) in [4.78, 5) is 0. The first kappa shape index (κ1) is 14.9. The van der Waals surface area contributed by atoms with E-state index >= 15 is 0 Å². The Morgan fingerprint density at radius 3 is 2.30 bits per heavy atom. The van der Waals surface area contributed by atoms with Crippen molar-refractivity contribution in [2.75, 3.05) is 0 Å². The van der Waals surface area contributed by atoms with Crippen LogP contribution in [0, 0.1) is 20.8 Å². The van der Waals surface area contributed by atoms with E-state index < -0.39 is 0 Å². The second-order valence-electron chi connectivity index (χ2n) is 5.12. The summed E-state index contributed by atoms with van der Waals surface area (Å²) < 4.78 is 5.93. The van der Waals surface area contributed by atoms with E-state index in [1.165, 1.54) is 22.3 Å². The van der Waals surface area contributed by atoms with Crippen LogP contribution in [0.4, 0.5) is 0 Å². The number of halogens is 1. The van der Waals surface area contributed by atoms with Crippen LogP contribution in [0.15, 0.2) is 30.3 Å². The molecule has 0 unspecified atom stereocenters. The SMILES string of the molecule is Cc1cc(C)c(COc2cc(Cl)ccc2CN)c(C)c1. The van der Waals surface area contributed by atoms with Gasteiger partial charge in [-0.05, 0) is 49.6 Å². The van der Waals surface area contributed by atoms with Crippen LogP contribution in [0.5, 0.6) is 5.75 Å². The van der Waals surface area contributed by atoms with E-state index in [-0.39, 0.29) is 0 Å². The van der Waals surface area contributed by atoms with Crippen LogP contribution in [-0.2, 0) is 13.2 Å². The standard InChI is InChI=1S/C17H20ClNO/c1-11-6-12(2)16(13(3)7-11)10-20-17-8-15(18)5-4-14(17)9-19/h4-8H,9-10,19H2,1-3H3. The van der Waals surface area contributed by atoms with Crippen LogP contribution < -0.4 is 10.5 Å². The number of rotatable bonds is 4. The summed E-state index contributed by atoms with van der Waals surface area (Å²) in [5.74, 6) is 0.763. The first-order valence-electron chi connectivity index (χ1n) is 6.69. The van der Waals surface area contributed by atoms with Gasteiger partial charge in [-0.1, -0.05) is 35.4 Å². The molecule has 0 aromatic heterocycles. The minimum absolute atomic E-state index is 0.443. The molecule has 0 radical (unpaired) electrons. The Hall–Kier alpha value is -1.51. The Morgan fingerprint density at radius 2 is 1.70 bits per heavy atom. The molecule has 0 amide bonds. The molecule has 2 rings (SSSR count). The summed E-state index contributed by atoms with van der Waals surface area (Å²) in [6, 6.07) is 9.91. The molecule has 106 valence electrons. The fourth-order valence-corrected chi connectivity index (χ4v) is 2.58. The lowest BCUT2D eigenvalue weighted by atomic mass is 10.0. The summed E-state index contributed by atoms with van der Waals surface area (Å²) in [7, 11) is 0. The number of ether oxygens (including phenoxy) is 1. The summed E-state index contributed by atoms with van der Waals surface area (Å²) in [6.45, 7) is 7.30. The zero-order valence-corrected chi connectivity index (χ0v) is 12.9. The third-order valence-electron chi connectivity index (χ3n) is 3.46. The van der Waals surface area contributed by atoms with Crippen molar-refractivity contribution in [2.45, 2.75) is 33.9 Å². The minimum Gasteiger partial charge on any atom is -0.488 e. The van der Waals surface area contributed by atoms with E-state index in [0.29, 0.717) is 18.2 Å². The van der Waals surface area contributed by atoms with Gasteiger partial charge in [-0.3, -0.25) is 0 Å². The lowest BCUT2D eigenvalue weighted by Gasteiger charge is -2.15. The van der Waals surface area contributed by atoms with Gasteiger partial charge in [0, 0.05) is 17.1 Å². The molecule has 0 bridgehead atoms. The Morgan fingerprint density at radius 1 is 1.05 bits per heavy atom. The van der Waals surface area contributed by atoms with E-state index in [4.69, 9.17) is 22.1 Å². The summed E-state index contributed by atoms with van der Waals surface area (Å²) in [6.07, 6.45) is 0. The highest BCUT2D eigenvalue weighted by molar-refractivity contribution is 6.30. The Bertz CT molecular complexity index is 599. The zero-order chi connectivity index (χ0) is 14.7. The molecule has 0 aliphatic heterocycles. The fourth-order valence-electron chi connectivity index (χ4n) is 2.42. The van der Waals surface area contributed by atoms with Crippen LogP contribution in [0.2, 0.25) is 5.02 Å². The molecule has 2 nitrogen and oxygen atoms in total. The van der Waals surface area contributed by atoms with Gasteiger partial charge in [-0.15, -0.1) is 0 Å². The normalized spacial score (nSPS) is 10.7. The molecule has 2 aromatic carbocycles. The van der Waals surface area contributed by atoms with Crippen molar-refractivity contribution in [1.82, 2.24) is 0 Å². The van der Waals surface area contributed by atoms with Gasteiger partial charge < -0.3 is 10.5 Å². The maximum Gasteiger partial charge on any atom is 0.125 e. The van der Waals surface area contributed by atoms with Crippen molar-refractivity contribution in [3.63, 3.8) is 0 Å². The summed E-state index contributed by atoms with van der Waals surface area (Å²) in [5.41, 5.74) is 11.7. The van der Waals surface area contributed by atoms with Crippen LogP contribution in [-0.4, -0.2) is 0 Å². The average molecular weight is 290 g/mol. The largest absolute Gasteiger partial charge is 0.488 e. The molecular weight excluding hydrogens is 270 g/mol. The van der Waals surface area contributed by atoms with Crippen LogP contribution in [0.3, 0.4) is 0 Å². The van der Waals surface area contributed by atoms with Gasteiger partial charge in [-0.2, -0.15) is 0 Å². The van der Waals surface area contributed by atoms with Crippen molar-refractivity contribution in [3.8, 4) is 5.75 Å². The van der Waals surface area contributed by atoms with Gasteiger partial charge in [0.25, 0.3) is 0 Å². The molecule has 0 saturated heterocycles. The van der Waals surface area contributed by atoms with Crippen molar-refractivity contribution in [1.29, 1.82) is 0 Å². The molecule has 0 fully saturated rings. The monoisotopic (exact) mass is 289 g/mol. The quantitative estimate of drug-likeness (QED) is 0.910. The van der Waals surface area contributed by atoms with Crippen molar-refractivity contribution in [3.05, 3.63) is 63.2 Å². The molecule has 2 N–H and O–H groups in total. The zero-order valence-electron chi connectivity index (χ0n) is 12.2. The van der Waals surface area contributed by atoms with Gasteiger partial charge in [0.15, 0.2) is 0 Å². The Labute approximate surface area is 125 Å². The van der Waals surface area contributed by atoms with E-state index in [1.54, 1.807) is 0 Å². The number of nitrogens with two attached hydrogens (primary N) is 1. The topological polar surface area (TPSA) is 35.2 Å². The fraction of sp³-hybridized carbons (Fsp3) is 0.294. The maximum atomic E-state index is 6.02. The van der Waals surface area contributed by atoms with E-state index in [2.05, 4.69) is 32.9 Å². The van der Waals surface area contributed by atoms with Gasteiger partial charge in [0.1, 0.15) is 12.4 Å². The Kier molecular flexibility index (Phi) is 4.69. The molecule has 2 aromatic rings. The van der Waals surface area contributed by atoms with Crippen molar-refractivity contribution in [2.24, 2.45) is 5.73 Å². The highest BCUT2D eigenvalue weighted by Gasteiger charge is 2.08. The second-order valence-corrected chi connectivity index (χ2v) is 5.56. The molecule has 0 atom stereocenters. The number of hydrogen-bond acceptors (Lipinski definition) is 2. The highest BCUT2D eigenvalue weighted by Crippen LogP contribution is 2.25. The number of benzene rings is 2. The molecule has 20 heavy (non-hydrogen) atoms. The lowest BCUT2D eigenvalue weighted by molar-refractivity contribution is 0.301. The van der Waals surface area contributed by atoms with Gasteiger partial charge in [-0.25, -0.2) is 0 Å². The summed E-state index contributed by atoms with van der Waals surface area (Å²) in [5, 5.41) is 0.662. The summed E-state index contributed by atoms with van der Waals surface area (Å²) >= 11 is 6.02. The second kappa shape index (κ2) is 6.29. The van der Waals surface area contributed by atoms with E-state index in [0.717, 1.165) is 11.3 Å². The third kappa shape index (κ3) is 3.33. The van der Waals surface area contributed by atoms with E-state index in [9.17, 15) is 0 Å². The van der Waals surface area contributed by atoms with Crippen molar-refractivity contribution < 1.29 is 4.74 Å². The molecular formula is C17H20ClNO. The molecule has 3 heteroatoms. The van der Waals surface area contributed by atoms with Crippen molar-refractivity contribution >= 4 is 11.6 Å². The average Bonchev–Trinajstić information content (AvgIpc) is 2.37. The molecule has 0 aliphatic carbocycles. The molecule has 0 spiro atoms. The predicted octanol–water partition coefficient (Wildman–Crippen LogP) is 4.30. The van der Waals surface area contributed by atoms with Crippen LogP contribution >= 0.6 is 11.6 Å². The molecule has 0 aliphatic rings. The van der Waals surface area contributed by atoms with Gasteiger partial charge >= 0.3 is 0 Å².